The Bertz CT molecular complexity index is 765. The first-order valence-electron chi connectivity index (χ1n) is 9.62. The van der Waals surface area contributed by atoms with Gasteiger partial charge in [0.05, 0.1) is 14.2 Å². The molecular formula is C20H29N5O3. The molecule has 2 aromatic rings. The standard InChI is InChI=1S/C20H29N5O3/c1-23(10-8-16-6-7-18(27-2)19(11-16)28-3)17-5-4-9-24(12-17)20(26)13-25-15-21-14-22-25/h6-7,11,14-15,17H,4-5,8-10,12-13H2,1-3H3. The van der Waals surface area contributed by atoms with E-state index >= 15 is 0 Å². The largest absolute Gasteiger partial charge is 0.493 e. The van der Waals surface area contributed by atoms with Gasteiger partial charge in [0.15, 0.2) is 11.5 Å². The number of nitrogens with zero attached hydrogens (tertiary/aromatic N) is 5. The zero-order valence-electron chi connectivity index (χ0n) is 16.9. The fourth-order valence-electron chi connectivity index (χ4n) is 3.62. The number of likely N-dealkylation sites (tertiary alicyclic amines) is 1. The first kappa shape index (κ1) is 20.1. The monoisotopic (exact) mass is 387 g/mol. The number of hydrogen-bond donors (Lipinski definition) is 0. The van der Waals surface area contributed by atoms with Crippen molar-refractivity contribution in [1.82, 2.24) is 24.6 Å². The van der Waals surface area contributed by atoms with Gasteiger partial charge in [-0.15, -0.1) is 0 Å². The first-order valence-corrected chi connectivity index (χ1v) is 9.62. The smallest absolute Gasteiger partial charge is 0.244 e. The lowest BCUT2D eigenvalue weighted by Crippen LogP contribution is -2.49. The van der Waals surface area contributed by atoms with Crippen molar-refractivity contribution >= 4 is 5.91 Å². The fourth-order valence-corrected chi connectivity index (χ4v) is 3.62. The van der Waals surface area contributed by atoms with Gasteiger partial charge in [0.25, 0.3) is 0 Å². The van der Waals surface area contributed by atoms with Gasteiger partial charge in [0.2, 0.25) is 5.91 Å². The Morgan fingerprint density at radius 1 is 1.29 bits per heavy atom. The van der Waals surface area contributed by atoms with Crippen LogP contribution in [-0.4, -0.2) is 77.4 Å². The number of amides is 1. The molecule has 0 radical (unpaired) electrons. The highest BCUT2D eigenvalue weighted by Gasteiger charge is 2.26. The summed E-state index contributed by atoms with van der Waals surface area (Å²) in [6.45, 7) is 2.75. The number of hydrogen-bond acceptors (Lipinski definition) is 6. The summed E-state index contributed by atoms with van der Waals surface area (Å²) in [6.07, 6.45) is 6.08. The van der Waals surface area contributed by atoms with E-state index in [4.69, 9.17) is 9.47 Å². The van der Waals surface area contributed by atoms with Crippen LogP contribution < -0.4 is 9.47 Å². The number of ether oxygens (including phenoxy) is 2. The van der Waals surface area contributed by atoms with Crippen molar-refractivity contribution in [1.29, 1.82) is 0 Å². The zero-order valence-corrected chi connectivity index (χ0v) is 16.9. The van der Waals surface area contributed by atoms with E-state index < -0.39 is 0 Å². The lowest BCUT2D eigenvalue weighted by Gasteiger charge is -2.37. The van der Waals surface area contributed by atoms with Crippen LogP contribution >= 0.6 is 0 Å². The van der Waals surface area contributed by atoms with Crippen molar-refractivity contribution < 1.29 is 14.3 Å². The minimum Gasteiger partial charge on any atom is -0.493 e. The minimum atomic E-state index is 0.100. The SMILES string of the molecule is COc1ccc(CCN(C)C2CCCN(C(=O)Cn3cncn3)C2)cc1OC. The van der Waals surface area contributed by atoms with E-state index in [1.807, 2.05) is 17.0 Å². The Morgan fingerprint density at radius 3 is 2.82 bits per heavy atom. The number of rotatable bonds is 8. The number of aromatic nitrogens is 3. The third-order valence-electron chi connectivity index (χ3n) is 5.34. The number of carbonyl (C=O) groups excluding carboxylic acids is 1. The van der Waals surface area contributed by atoms with Crippen molar-refractivity contribution in [3.63, 3.8) is 0 Å². The van der Waals surface area contributed by atoms with E-state index in [0.29, 0.717) is 6.04 Å². The van der Waals surface area contributed by atoms with E-state index in [-0.39, 0.29) is 12.5 Å². The number of likely N-dealkylation sites (N-methyl/N-ethyl adjacent to an activating group) is 1. The summed E-state index contributed by atoms with van der Waals surface area (Å²) in [6, 6.07) is 6.42. The quantitative estimate of drug-likeness (QED) is 0.683. The van der Waals surface area contributed by atoms with Crippen LogP contribution in [0.25, 0.3) is 0 Å². The highest BCUT2D eigenvalue weighted by molar-refractivity contribution is 5.76. The summed E-state index contributed by atoms with van der Waals surface area (Å²) in [5.41, 5.74) is 1.21. The molecule has 1 aromatic carbocycles. The summed E-state index contributed by atoms with van der Waals surface area (Å²) in [5.74, 6) is 1.60. The number of carbonyl (C=O) groups is 1. The minimum absolute atomic E-state index is 0.100. The molecule has 152 valence electrons. The summed E-state index contributed by atoms with van der Waals surface area (Å²) < 4.78 is 12.3. The van der Waals surface area contributed by atoms with E-state index in [9.17, 15) is 4.79 Å². The highest BCUT2D eigenvalue weighted by atomic mass is 16.5. The van der Waals surface area contributed by atoms with Crippen LogP contribution in [0.15, 0.2) is 30.9 Å². The molecule has 0 spiro atoms. The van der Waals surface area contributed by atoms with Gasteiger partial charge in [-0.1, -0.05) is 6.07 Å². The van der Waals surface area contributed by atoms with E-state index in [2.05, 4.69) is 28.1 Å². The lowest BCUT2D eigenvalue weighted by molar-refractivity contribution is -0.134. The van der Waals surface area contributed by atoms with Crippen LogP contribution in [0.3, 0.4) is 0 Å². The number of methoxy groups -OCH3 is 2. The van der Waals surface area contributed by atoms with Crippen LogP contribution in [0.4, 0.5) is 0 Å². The average Bonchev–Trinajstić information content (AvgIpc) is 3.24. The summed E-state index contributed by atoms with van der Waals surface area (Å²) in [4.78, 5) is 20.7. The Morgan fingerprint density at radius 2 is 2.11 bits per heavy atom. The molecular weight excluding hydrogens is 358 g/mol. The molecule has 0 aliphatic carbocycles. The van der Waals surface area contributed by atoms with Gasteiger partial charge in [0, 0.05) is 25.7 Å². The summed E-state index contributed by atoms with van der Waals surface area (Å²) in [5, 5.41) is 4.02. The molecule has 2 heterocycles. The molecule has 1 unspecified atom stereocenters. The van der Waals surface area contributed by atoms with Crippen LogP contribution in [0, 0.1) is 0 Å². The number of piperidine rings is 1. The van der Waals surface area contributed by atoms with Gasteiger partial charge >= 0.3 is 0 Å². The maximum absolute atomic E-state index is 12.5. The summed E-state index contributed by atoms with van der Waals surface area (Å²) in [7, 11) is 5.43. The first-order chi connectivity index (χ1) is 13.6. The Labute approximate surface area is 166 Å². The Balaban J connectivity index is 1.52. The second-order valence-corrected chi connectivity index (χ2v) is 7.15. The topological polar surface area (TPSA) is 72.7 Å². The van der Waals surface area contributed by atoms with Crippen molar-refractivity contribution in [2.24, 2.45) is 0 Å². The van der Waals surface area contributed by atoms with Crippen LogP contribution in [0.2, 0.25) is 0 Å². The molecule has 3 rings (SSSR count). The fraction of sp³-hybridized carbons (Fsp3) is 0.550. The van der Waals surface area contributed by atoms with Gasteiger partial charge in [-0.05, 0) is 44.0 Å². The highest BCUT2D eigenvalue weighted by Crippen LogP contribution is 2.28. The zero-order chi connectivity index (χ0) is 19.9. The van der Waals surface area contributed by atoms with Crippen LogP contribution in [0.5, 0.6) is 11.5 Å². The predicted molar refractivity (Wildman–Crippen MR) is 106 cm³/mol. The third kappa shape index (κ3) is 5.01. The summed E-state index contributed by atoms with van der Waals surface area (Å²) >= 11 is 0. The molecule has 8 nitrogen and oxygen atoms in total. The lowest BCUT2D eigenvalue weighted by atomic mass is 10.0. The number of benzene rings is 1. The molecule has 0 N–H and O–H groups in total. The molecule has 1 atom stereocenters. The van der Waals surface area contributed by atoms with Crippen LogP contribution in [-0.2, 0) is 17.8 Å². The van der Waals surface area contributed by atoms with Gasteiger partial charge in [-0.25, -0.2) is 9.67 Å². The molecule has 1 saturated heterocycles. The second kappa shape index (κ2) is 9.54. The van der Waals surface area contributed by atoms with Gasteiger partial charge < -0.3 is 19.3 Å². The van der Waals surface area contributed by atoms with Gasteiger partial charge in [-0.2, -0.15) is 5.10 Å². The molecule has 1 aliphatic heterocycles. The predicted octanol–water partition coefficient (Wildman–Crippen LogP) is 1.46. The molecule has 0 saturated carbocycles. The molecule has 1 aliphatic rings. The van der Waals surface area contributed by atoms with Crippen molar-refractivity contribution in [3.8, 4) is 11.5 Å². The molecule has 1 amide bonds. The normalized spacial score (nSPS) is 17.0. The Hall–Kier alpha value is -2.61. The molecule has 0 bridgehead atoms. The van der Waals surface area contributed by atoms with E-state index in [0.717, 1.165) is 50.4 Å². The molecule has 8 heteroatoms. The third-order valence-corrected chi connectivity index (χ3v) is 5.34. The molecule has 1 fully saturated rings. The van der Waals surface area contributed by atoms with Gasteiger partial charge in [0.1, 0.15) is 19.2 Å². The van der Waals surface area contributed by atoms with Gasteiger partial charge in [-0.3, -0.25) is 4.79 Å². The van der Waals surface area contributed by atoms with Crippen molar-refractivity contribution in [2.75, 3.05) is 40.9 Å². The van der Waals surface area contributed by atoms with Crippen molar-refractivity contribution in [2.45, 2.75) is 31.8 Å². The maximum atomic E-state index is 12.5. The van der Waals surface area contributed by atoms with E-state index in [1.165, 1.54) is 11.9 Å². The maximum Gasteiger partial charge on any atom is 0.244 e. The molecule has 28 heavy (non-hydrogen) atoms. The average molecular weight is 387 g/mol. The van der Waals surface area contributed by atoms with Crippen molar-refractivity contribution in [3.05, 3.63) is 36.4 Å². The Kier molecular flexibility index (Phi) is 6.86. The second-order valence-electron chi connectivity index (χ2n) is 7.15. The molecule has 1 aromatic heterocycles. The van der Waals surface area contributed by atoms with Crippen LogP contribution in [0.1, 0.15) is 18.4 Å². The van der Waals surface area contributed by atoms with E-state index in [1.54, 1.807) is 25.2 Å².